The highest BCUT2D eigenvalue weighted by Crippen LogP contribution is 2.47. The van der Waals surface area contributed by atoms with E-state index in [1.165, 1.54) is 0 Å². The molecule has 4 heterocycles. The highest BCUT2D eigenvalue weighted by atomic mass is 19.4. The summed E-state index contributed by atoms with van der Waals surface area (Å²) in [5, 5.41) is 6.66. The molecule has 2 unspecified atom stereocenters. The number of carbonyl (C=O) groups is 1. The molecule has 140 valence electrons. The highest BCUT2D eigenvalue weighted by Gasteiger charge is 2.45. The molecule has 0 spiro atoms. The zero-order valence-electron chi connectivity index (χ0n) is 14.5. The molecule has 2 aliphatic heterocycles. The molecule has 2 bridgehead atoms. The Hall–Kier alpha value is -2.77. The lowest BCUT2D eigenvalue weighted by Gasteiger charge is -2.34. The SMILES string of the molecule is Cc1ccc2[nH]c3c(c2c1)C1CCC(C3)N1C(=O)c1cc(C(F)(F)F)[nH]n1. The van der Waals surface area contributed by atoms with Crippen molar-refractivity contribution in [2.75, 3.05) is 0 Å². The third-order valence-electron chi connectivity index (χ3n) is 5.69. The van der Waals surface area contributed by atoms with Crippen molar-refractivity contribution in [3.05, 3.63) is 52.5 Å². The second kappa shape index (κ2) is 5.37. The third-order valence-corrected chi connectivity index (χ3v) is 5.69. The van der Waals surface area contributed by atoms with Crippen molar-refractivity contribution in [2.45, 2.75) is 44.4 Å². The molecule has 0 aliphatic carbocycles. The second-order valence-corrected chi connectivity index (χ2v) is 7.39. The van der Waals surface area contributed by atoms with Gasteiger partial charge in [0.25, 0.3) is 5.91 Å². The molecule has 3 aromatic rings. The lowest BCUT2D eigenvalue weighted by molar-refractivity contribution is -0.141. The zero-order valence-corrected chi connectivity index (χ0v) is 14.5. The number of hydrogen-bond donors (Lipinski definition) is 2. The zero-order chi connectivity index (χ0) is 18.9. The normalized spacial score (nSPS) is 21.7. The molecule has 1 amide bonds. The summed E-state index contributed by atoms with van der Waals surface area (Å²) < 4.78 is 38.5. The van der Waals surface area contributed by atoms with Gasteiger partial charge in [-0.2, -0.15) is 18.3 Å². The monoisotopic (exact) mass is 374 g/mol. The molecule has 2 N–H and O–H groups in total. The molecule has 1 aromatic carbocycles. The van der Waals surface area contributed by atoms with E-state index in [9.17, 15) is 18.0 Å². The van der Waals surface area contributed by atoms with Gasteiger partial charge in [0, 0.05) is 40.7 Å². The molecule has 27 heavy (non-hydrogen) atoms. The van der Waals surface area contributed by atoms with Crippen LogP contribution in [0, 0.1) is 6.92 Å². The molecule has 0 radical (unpaired) electrons. The fourth-order valence-electron chi connectivity index (χ4n) is 4.54. The van der Waals surface area contributed by atoms with E-state index in [0.717, 1.165) is 46.6 Å². The van der Waals surface area contributed by atoms with Crippen molar-refractivity contribution in [2.24, 2.45) is 0 Å². The molecule has 1 fully saturated rings. The Morgan fingerprint density at radius 3 is 2.81 bits per heavy atom. The van der Waals surface area contributed by atoms with Gasteiger partial charge in [-0.3, -0.25) is 9.89 Å². The van der Waals surface area contributed by atoms with Gasteiger partial charge in [-0.15, -0.1) is 0 Å². The number of carbonyl (C=O) groups excluding carboxylic acids is 1. The lowest BCUT2D eigenvalue weighted by atomic mass is 9.96. The molecule has 8 heteroatoms. The number of nitrogens with one attached hydrogen (secondary N) is 2. The van der Waals surface area contributed by atoms with Gasteiger partial charge in [-0.25, -0.2) is 0 Å². The van der Waals surface area contributed by atoms with Crippen LogP contribution in [0.3, 0.4) is 0 Å². The van der Waals surface area contributed by atoms with Crippen LogP contribution < -0.4 is 0 Å². The maximum Gasteiger partial charge on any atom is 0.432 e. The summed E-state index contributed by atoms with van der Waals surface area (Å²) in [5.41, 5.74) is 3.21. The number of halogens is 3. The van der Waals surface area contributed by atoms with E-state index in [4.69, 9.17) is 0 Å². The summed E-state index contributed by atoms with van der Waals surface area (Å²) in [6, 6.07) is 6.82. The number of hydrogen-bond acceptors (Lipinski definition) is 2. The van der Waals surface area contributed by atoms with E-state index >= 15 is 0 Å². The van der Waals surface area contributed by atoms with Crippen molar-refractivity contribution < 1.29 is 18.0 Å². The van der Waals surface area contributed by atoms with Crippen LogP contribution >= 0.6 is 0 Å². The lowest BCUT2D eigenvalue weighted by Crippen LogP contribution is -2.41. The maximum absolute atomic E-state index is 13.0. The summed E-state index contributed by atoms with van der Waals surface area (Å²) in [4.78, 5) is 18.2. The molecule has 2 aliphatic rings. The summed E-state index contributed by atoms with van der Waals surface area (Å²) in [6.45, 7) is 2.02. The fourth-order valence-corrected chi connectivity index (χ4v) is 4.54. The number of alkyl halides is 3. The van der Waals surface area contributed by atoms with E-state index in [1.54, 1.807) is 4.90 Å². The quantitative estimate of drug-likeness (QED) is 0.673. The second-order valence-electron chi connectivity index (χ2n) is 7.39. The van der Waals surface area contributed by atoms with Crippen LogP contribution in [0.2, 0.25) is 0 Å². The number of H-pyrrole nitrogens is 2. The van der Waals surface area contributed by atoms with Crippen LogP contribution in [0.1, 0.15) is 51.9 Å². The Kier molecular flexibility index (Phi) is 3.26. The molecule has 2 aromatic heterocycles. The van der Waals surface area contributed by atoms with Crippen molar-refractivity contribution in [3.8, 4) is 0 Å². The summed E-state index contributed by atoms with van der Waals surface area (Å²) in [5.74, 6) is -0.443. The van der Waals surface area contributed by atoms with Crippen LogP contribution in [-0.2, 0) is 12.6 Å². The number of benzene rings is 1. The Morgan fingerprint density at radius 2 is 2.07 bits per heavy atom. The van der Waals surface area contributed by atoms with Gasteiger partial charge in [0.1, 0.15) is 5.69 Å². The Bertz CT molecular complexity index is 1060. The number of aryl methyl sites for hydroxylation is 1. The number of nitrogens with zero attached hydrogens (tertiary/aromatic N) is 2. The van der Waals surface area contributed by atoms with E-state index in [2.05, 4.69) is 16.1 Å². The number of rotatable bonds is 1. The average Bonchev–Trinajstić information content (AvgIpc) is 3.29. The summed E-state index contributed by atoms with van der Waals surface area (Å²) in [6.07, 6.45) is -2.22. The summed E-state index contributed by atoms with van der Waals surface area (Å²) >= 11 is 0. The van der Waals surface area contributed by atoms with Crippen molar-refractivity contribution >= 4 is 16.8 Å². The largest absolute Gasteiger partial charge is 0.432 e. The van der Waals surface area contributed by atoms with Gasteiger partial charge >= 0.3 is 6.18 Å². The van der Waals surface area contributed by atoms with Crippen LogP contribution in [-0.4, -0.2) is 32.0 Å². The van der Waals surface area contributed by atoms with Gasteiger partial charge in [-0.05, 0) is 31.9 Å². The fraction of sp³-hybridized carbons (Fsp3) is 0.368. The molecule has 2 atom stereocenters. The summed E-state index contributed by atoms with van der Waals surface area (Å²) in [7, 11) is 0. The van der Waals surface area contributed by atoms with E-state index in [0.29, 0.717) is 6.42 Å². The van der Waals surface area contributed by atoms with E-state index < -0.39 is 17.8 Å². The number of aromatic amines is 2. The van der Waals surface area contributed by atoms with Gasteiger partial charge in [0.05, 0.1) is 6.04 Å². The number of amides is 1. The van der Waals surface area contributed by atoms with Gasteiger partial charge in [-0.1, -0.05) is 11.6 Å². The third kappa shape index (κ3) is 2.39. The molecule has 5 nitrogen and oxygen atoms in total. The topological polar surface area (TPSA) is 64.8 Å². The molecule has 5 rings (SSSR count). The van der Waals surface area contributed by atoms with E-state index in [-0.39, 0.29) is 17.8 Å². The predicted molar refractivity (Wildman–Crippen MR) is 92.3 cm³/mol. The Balaban J connectivity index is 1.56. The van der Waals surface area contributed by atoms with Crippen molar-refractivity contribution in [3.63, 3.8) is 0 Å². The van der Waals surface area contributed by atoms with Crippen LogP contribution in [0.25, 0.3) is 10.9 Å². The maximum atomic E-state index is 13.0. The Morgan fingerprint density at radius 1 is 1.26 bits per heavy atom. The van der Waals surface area contributed by atoms with Crippen molar-refractivity contribution in [1.82, 2.24) is 20.1 Å². The van der Waals surface area contributed by atoms with Gasteiger partial charge in [0.2, 0.25) is 0 Å². The standard InChI is InChI=1S/C19H17F3N4O/c1-9-2-4-12-11(6-9)17-13(23-12)7-10-3-5-15(17)26(10)18(27)14-8-16(25-24-14)19(20,21)22/h2,4,6,8,10,15,23H,3,5,7H2,1H3,(H,24,25). The van der Waals surface area contributed by atoms with Crippen molar-refractivity contribution in [1.29, 1.82) is 0 Å². The molecular formula is C19H17F3N4O. The van der Waals surface area contributed by atoms with Gasteiger partial charge in [0.15, 0.2) is 5.69 Å². The first-order valence-electron chi connectivity index (χ1n) is 8.89. The minimum atomic E-state index is -4.55. The van der Waals surface area contributed by atoms with Crippen LogP contribution in [0.4, 0.5) is 13.2 Å². The van der Waals surface area contributed by atoms with Gasteiger partial charge < -0.3 is 9.88 Å². The molecule has 1 saturated heterocycles. The first-order chi connectivity index (χ1) is 12.8. The smallest absolute Gasteiger partial charge is 0.358 e. The minimum Gasteiger partial charge on any atom is -0.358 e. The molecular weight excluding hydrogens is 357 g/mol. The van der Waals surface area contributed by atoms with Crippen LogP contribution in [0.15, 0.2) is 24.3 Å². The first-order valence-corrected chi connectivity index (χ1v) is 8.89. The van der Waals surface area contributed by atoms with E-state index in [1.807, 2.05) is 24.2 Å². The highest BCUT2D eigenvalue weighted by molar-refractivity contribution is 5.95. The molecule has 0 saturated carbocycles. The van der Waals surface area contributed by atoms with Crippen LogP contribution in [0.5, 0.6) is 0 Å². The first kappa shape index (κ1) is 16.4. The number of aromatic nitrogens is 3. The average molecular weight is 374 g/mol. The Labute approximate surface area is 152 Å². The predicted octanol–water partition coefficient (Wildman–Crippen LogP) is 4.12. The number of fused-ring (bicyclic) bond motifs is 6. The minimum absolute atomic E-state index is 0.0183.